The monoisotopic (exact) mass is 227 g/mol. The van der Waals surface area contributed by atoms with Crippen LogP contribution in [-0.2, 0) is 0 Å². The first kappa shape index (κ1) is 14.0. The minimum Gasteiger partial charge on any atom is -0.396 e. The molecule has 0 aromatic heterocycles. The van der Waals surface area contributed by atoms with Gasteiger partial charge in [-0.3, -0.25) is 0 Å². The first-order valence-electron chi connectivity index (χ1n) is 6.99. The Kier molecular flexibility index (Phi) is 6.37. The van der Waals surface area contributed by atoms with Crippen molar-refractivity contribution >= 4 is 0 Å². The van der Waals surface area contributed by atoms with Crippen molar-refractivity contribution in [1.82, 2.24) is 5.32 Å². The van der Waals surface area contributed by atoms with E-state index in [0.29, 0.717) is 12.5 Å². The van der Waals surface area contributed by atoms with Crippen molar-refractivity contribution in [2.45, 2.75) is 58.9 Å². The van der Waals surface area contributed by atoms with Gasteiger partial charge in [-0.05, 0) is 43.6 Å². The summed E-state index contributed by atoms with van der Waals surface area (Å²) >= 11 is 0. The van der Waals surface area contributed by atoms with Crippen LogP contribution in [-0.4, -0.2) is 24.3 Å². The fraction of sp³-hybridized carbons (Fsp3) is 1.00. The van der Waals surface area contributed by atoms with E-state index in [-0.39, 0.29) is 0 Å². The summed E-state index contributed by atoms with van der Waals surface area (Å²) in [5, 5.41) is 12.6. The van der Waals surface area contributed by atoms with Gasteiger partial charge in [0.05, 0.1) is 0 Å². The van der Waals surface area contributed by atoms with Gasteiger partial charge in [-0.15, -0.1) is 0 Å². The molecule has 0 spiro atoms. The zero-order valence-electron chi connectivity index (χ0n) is 11.2. The Morgan fingerprint density at radius 2 is 2.06 bits per heavy atom. The lowest BCUT2D eigenvalue weighted by Gasteiger charge is -2.34. The normalized spacial score (nSPS) is 32.6. The molecule has 0 heterocycles. The molecule has 4 atom stereocenters. The molecule has 0 saturated heterocycles. The second-order valence-electron chi connectivity index (χ2n) is 5.76. The Hall–Kier alpha value is -0.0800. The van der Waals surface area contributed by atoms with Gasteiger partial charge in [-0.2, -0.15) is 0 Å². The van der Waals surface area contributed by atoms with Gasteiger partial charge in [-0.25, -0.2) is 0 Å². The molecule has 0 aromatic rings. The molecule has 0 radical (unpaired) electrons. The molecule has 4 unspecified atom stereocenters. The maximum absolute atomic E-state index is 8.94. The third kappa shape index (κ3) is 4.42. The lowest BCUT2D eigenvalue weighted by molar-refractivity contribution is 0.201. The van der Waals surface area contributed by atoms with E-state index in [1.165, 1.54) is 25.7 Å². The molecule has 1 aliphatic carbocycles. The number of nitrogens with one attached hydrogen (secondary N) is 1. The molecule has 1 aliphatic rings. The minimum atomic E-state index is 0.330. The highest BCUT2D eigenvalue weighted by atomic mass is 16.3. The molecule has 0 bridgehead atoms. The highest BCUT2D eigenvalue weighted by Crippen LogP contribution is 2.29. The number of hydrogen-bond acceptors (Lipinski definition) is 2. The summed E-state index contributed by atoms with van der Waals surface area (Å²) in [5.41, 5.74) is 0. The van der Waals surface area contributed by atoms with E-state index >= 15 is 0 Å². The average molecular weight is 227 g/mol. The summed E-state index contributed by atoms with van der Waals surface area (Å²) in [4.78, 5) is 0. The van der Waals surface area contributed by atoms with Crippen molar-refractivity contribution < 1.29 is 5.11 Å². The summed E-state index contributed by atoms with van der Waals surface area (Å²) in [6.07, 6.45) is 6.47. The van der Waals surface area contributed by atoms with Gasteiger partial charge in [0.2, 0.25) is 0 Å². The smallest absolute Gasteiger partial charge is 0.0456 e. The van der Waals surface area contributed by atoms with Gasteiger partial charge < -0.3 is 10.4 Å². The van der Waals surface area contributed by atoms with Crippen LogP contribution in [0.2, 0.25) is 0 Å². The fourth-order valence-corrected chi connectivity index (χ4v) is 2.70. The first-order valence-corrected chi connectivity index (χ1v) is 6.99. The summed E-state index contributed by atoms with van der Waals surface area (Å²) in [5.74, 6) is 2.16. The zero-order chi connectivity index (χ0) is 12.0. The summed E-state index contributed by atoms with van der Waals surface area (Å²) in [7, 11) is 0. The lowest BCUT2D eigenvalue weighted by atomic mass is 9.78. The van der Waals surface area contributed by atoms with E-state index in [9.17, 15) is 0 Å². The Morgan fingerprint density at radius 3 is 2.75 bits per heavy atom. The highest BCUT2D eigenvalue weighted by molar-refractivity contribution is 4.82. The molecule has 16 heavy (non-hydrogen) atoms. The Labute approximate surface area is 101 Å². The van der Waals surface area contributed by atoms with Crippen LogP contribution in [0.5, 0.6) is 0 Å². The van der Waals surface area contributed by atoms with Crippen LogP contribution < -0.4 is 5.32 Å². The average Bonchev–Trinajstić information content (AvgIpc) is 2.29. The standard InChI is InChI=1S/C14H29NO/c1-11(10-16)6-5-9-15-14-8-4-7-12(2)13(14)3/h11-16H,4-10H2,1-3H3. The van der Waals surface area contributed by atoms with E-state index in [4.69, 9.17) is 5.11 Å². The van der Waals surface area contributed by atoms with Gasteiger partial charge in [0.15, 0.2) is 0 Å². The number of aliphatic hydroxyl groups is 1. The second kappa shape index (κ2) is 7.29. The predicted octanol–water partition coefficient (Wildman–Crippen LogP) is 2.81. The van der Waals surface area contributed by atoms with Gasteiger partial charge >= 0.3 is 0 Å². The van der Waals surface area contributed by atoms with E-state index < -0.39 is 0 Å². The van der Waals surface area contributed by atoms with E-state index in [2.05, 4.69) is 26.1 Å². The van der Waals surface area contributed by atoms with Crippen LogP contribution in [0.4, 0.5) is 0 Å². The summed E-state index contributed by atoms with van der Waals surface area (Å²) < 4.78 is 0. The Balaban J connectivity index is 2.12. The molecule has 96 valence electrons. The van der Waals surface area contributed by atoms with Crippen molar-refractivity contribution in [2.24, 2.45) is 17.8 Å². The van der Waals surface area contributed by atoms with Crippen LogP contribution >= 0.6 is 0 Å². The minimum absolute atomic E-state index is 0.330. The van der Waals surface area contributed by atoms with Gasteiger partial charge in [-0.1, -0.05) is 33.6 Å². The van der Waals surface area contributed by atoms with Crippen LogP contribution in [0.25, 0.3) is 0 Å². The lowest BCUT2D eigenvalue weighted by Crippen LogP contribution is -2.41. The number of rotatable bonds is 6. The second-order valence-corrected chi connectivity index (χ2v) is 5.76. The molecule has 0 aliphatic heterocycles. The largest absolute Gasteiger partial charge is 0.396 e. The molecule has 0 amide bonds. The maximum Gasteiger partial charge on any atom is 0.0456 e. The summed E-state index contributed by atoms with van der Waals surface area (Å²) in [6.45, 7) is 8.33. The van der Waals surface area contributed by atoms with Gasteiger partial charge in [0.25, 0.3) is 0 Å². The molecule has 2 nitrogen and oxygen atoms in total. The van der Waals surface area contributed by atoms with Crippen molar-refractivity contribution in [3.05, 3.63) is 0 Å². The molecule has 2 heteroatoms. The molecule has 0 aromatic carbocycles. The number of hydrogen-bond donors (Lipinski definition) is 2. The van der Waals surface area contributed by atoms with E-state index in [0.717, 1.165) is 30.8 Å². The van der Waals surface area contributed by atoms with Crippen LogP contribution in [0.15, 0.2) is 0 Å². The van der Waals surface area contributed by atoms with Crippen molar-refractivity contribution in [1.29, 1.82) is 0 Å². The zero-order valence-corrected chi connectivity index (χ0v) is 11.2. The molecular weight excluding hydrogens is 198 g/mol. The molecule has 1 rings (SSSR count). The van der Waals surface area contributed by atoms with Crippen LogP contribution in [0.1, 0.15) is 52.9 Å². The third-order valence-corrected chi connectivity index (χ3v) is 4.30. The predicted molar refractivity (Wildman–Crippen MR) is 69.5 cm³/mol. The molecular formula is C14H29NO. The van der Waals surface area contributed by atoms with Crippen molar-refractivity contribution in [3.63, 3.8) is 0 Å². The first-order chi connectivity index (χ1) is 7.65. The Bertz CT molecular complexity index is 184. The maximum atomic E-state index is 8.94. The molecule has 2 N–H and O–H groups in total. The number of aliphatic hydroxyl groups excluding tert-OH is 1. The highest BCUT2D eigenvalue weighted by Gasteiger charge is 2.26. The van der Waals surface area contributed by atoms with Crippen LogP contribution in [0.3, 0.4) is 0 Å². The Morgan fingerprint density at radius 1 is 1.31 bits per heavy atom. The van der Waals surface area contributed by atoms with Gasteiger partial charge in [0, 0.05) is 12.6 Å². The van der Waals surface area contributed by atoms with Crippen LogP contribution in [0, 0.1) is 17.8 Å². The molecule has 1 fully saturated rings. The summed E-state index contributed by atoms with van der Waals surface area (Å²) in [6, 6.07) is 0.730. The van der Waals surface area contributed by atoms with Crippen molar-refractivity contribution in [3.8, 4) is 0 Å². The van der Waals surface area contributed by atoms with E-state index in [1.54, 1.807) is 0 Å². The fourth-order valence-electron chi connectivity index (χ4n) is 2.70. The SMILES string of the molecule is CC(CO)CCCNC1CCCC(C)C1C. The van der Waals surface area contributed by atoms with E-state index in [1.807, 2.05) is 0 Å². The quantitative estimate of drug-likeness (QED) is 0.684. The molecule has 1 saturated carbocycles. The van der Waals surface area contributed by atoms with Crippen molar-refractivity contribution in [2.75, 3.05) is 13.2 Å². The third-order valence-electron chi connectivity index (χ3n) is 4.30. The topological polar surface area (TPSA) is 32.3 Å². The van der Waals surface area contributed by atoms with Gasteiger partial charge in [0.1, 0.15) is 0 Å².